The molecule has 0 bridgehead atoms. The van der Waals surface area contributed by atoms with Gasteiger partial charge in [-0.15, -0.1) is 0 Å². The van der Waals surface area contributed by atoms with Crippen LogP contribution in [0.1, 0.15) is 42.5 Å². The minimum absolute atomic E-state index is 0.135. The summed E-state index contributed by atoms with van der Waals surface area (Å²) in [6.45, 7) is 0. The summed E-state index contributed by atoms with van der Waals surface area (Å²) in [5, 5.41) is 2.35. The van der Waals surface area contributed by atoms with E-state index in [1.165, 1.54) is 24.3 Å². The normalized spacial score (nSPS) is 15.5. The van der Waals surface area contributed by atoms with Crippen molar-refractivity contribution in [2.45, 2.75) is 43.0 Å². The third kappa shape index (κ3) is 4.90. The first-order chi connectivity index (χ1) is 12.8. The van der Waals surface area contributed by atoms with Crippen LogP contribution in [0.5, 0.6) is 0 Å². The molecule has 0 aliphatic heterocycles. The molecule has 1 aliphatic rings. The number of hydrogen-bond donors (Lipinski definition) is 2. The van der Waals surface area contributed by atoms with Gasteiger partial charge in [-0.25, -0.2) is 21.9 Å². The summed E-state index contributed by atoms with van der Waals surface area (Å²) in [5.74, 6) is -1.97. The maximum Gasteiger partial charge on any atom is 0.255 e. The highest BCUT2D eigenvalue weighted by Crippen LogP contribution is 2.23. The van der Waals surface area contributed by atoms with Crippen molar-refractivity contribution in [2.75, 3.05) is 5.32 Å². The maximum atomic E-state index is 14.3. The Bertz CT molecular complexity index is 924. The fourth-order valence-corrected chi connectivity index (χ4v) is 4.38. The molecule has 2 N–H and O–H groups in total. The molecule has 1 aliphatic carbocycles. The monoisotopic (exact) mass is 394 g/mol. The molecule has 0 aromatic heterocycles. The van der Waals surface area contributed by atoms with Gasteiger partial charge in [0.05, 0.1) is 10.6 Å². The number of halogens is 2. The lowest BCUT2D eigenvalue weighted by Gasteiger charge is -2.22. The van der Waals surface area contributed by atoms with Crippen molar-refractivity contribution in [1.82, 2.24) is 4.72 Å². The predicted molar refractivity (Wildman–Crippen MR) is 97.9 cm³/mol. The summed E-state index contributed by atoms with van der Waals surface area (Å²) in [6.07, 6.45) is 4.57. The average Bonchev–Trinajstić information content (AvgIpc) is 2.64. The van der Waals surface area contributed by atoms with Crippen LogP contribution in [-0.2, 0) is 10.0 Å². The number of rotatable bonds is 5. The van der Waals surface area contributed by atoms with E-state index in [0.717, 1.165) is 50.3 Å². The fourth-order valence-electron chi connectivity index (χ4n) is 3.07. The molecule has 2 aromatic carbocycles. The molecule has 8 heteroatoms. The van der Waals surface area contributed by atoms with Crippen molar-refractivity contribution in [2.24, 2.45) is 0 Å². The largest absolute Gasteiger partial charge is 0.319 e. The molecular weight excluding hydrogens is 374 g/mol. The zero-order chi connectivity index (χ0) is 19.4. The summed E-state index contributed by atoms with van der Waals surface area (Å²) in [6, 6.07) is 7.98. The second kappa shape index (κ2) is 8.14. The van der Waals surface area contributed by atoms with Crippen molar-refractivity contribution >= 4 is 21.6 Å². The van der Waals surface area contributed by atoms with Gasteiger partial charge in [-0.05, 0) is 55.3 Å². The Hall–Kier alpha value is -2.32. The zero-order valence-electron chi connectivity index (χ0n) is 14.5. The minimum Gasteiger partial charge on any atom is -0.319 e. The fraction of sp³-hybridized carbons (Fsp3) is 0.316. The molecule has 2 aromatic rings. The van der Waals surface area contributed by atoms with Crippen molar-refractivity contribution in [3.8, 4) is 0 Å². The van der Waals surface area contributed by atoms with Gasteiger partial charge in [0.2, 0.25) is 10.0 Å². The molecule has 1 saturated carbocycles. The van der Waals surface area contributed by atoms with Gasteiger partial charge in [-0.3, -0.25) is 4.79 Å². The standard InChI is InChI=1S/C19H20F2N2O3S/c20-14-8-6-13(7-9-14)19(24)22-18-11-10-16(12-17(18)21)27(25,26)23-15-4-2-1-3-5-15/h6-12,15,23H,1-5H2,(H,22,24). The van der Waals surface area contributed by atoms with E-state index in [9.17, 15) is 22.0 Å². The quantitative estimate of drug-likeness (QED) is 0.809. The van der Waals surface area contributed by atoms with E-state index >= 15 is 0 Å². The zero-order valence-corrected chi connectivity index (χ0v) is 15.4. The number of anilines is 1. The number of hydrogen-bond acceptors (Lipinski definition) is 3. The Balaban J connectivity index is 1.72. The smallest absolute Gasteiger partial charge is 0.255 e. The predicted octanol–water partition coefficient (Wildman–Crippen LogP) is 3.83. The van der Waals surface area contributed by atoms with Crippen LogP contribution in [0, 0.1) is 11.6 Å². The summed E-state index contributed by atoms with van der Waals surface area (Å²) < 4.78 is 54.7. The van der Waals surface area contributed by atoms with E-state index in [1.54, 1.807) is 0 Å². The lowest BCUT2D eigenvalue weighted by molar-refractivity contribution is 0.102. The van der Waals surface area contributed by atoms with Crippen molar-refractivity contribution in [3.05, 3.63) is 59.7 Å². The van der Waals surface area contributed by atoms with Gasteiger partial charge in [0, 0.05) is 11.6 Å². The highest BCUT2D eigenvalue weighted by Gasteiger charge is 2.23. The number of benzene rings is 2. The minimum atomic E-state index is -3.83. The summed E-state index contributed by atoms with van der Waals surface area (Å²) in [7, 11) is -3.83. The second-order valence-corrected chi connectivity index (χ2v) is 8.27. The Morgan fingerprint density at radius 3 is 2.26 bits per heavy atom. The first kappa shape index (κ1) is 19.4. The molecule has 1 fully saturated rings. The van der Waals surface area contributed by atoms with Crippen LogP contribution in [0.2, 0.25) is 0 Å². The van der Waals surface area contributed by atoms with Crippen LogP contribution in [-0.4, -0.2) is 20.4 Å². The molecule has 0 atom stereocenters. The average molecular weight is 394 g/mol. The molecule has 0 heterocycles. The highest BCUT2D eigenvalue weighted by atomic mass is 32.2. The van der Waals surface area contributed by atoms with Crippen LogP contribution in [0.15, 0.2) is 47.4 Å². The molecule has 1 amide bonds. The van der Waals surface area contributed by atoms with E-state index in [-0.39, 0.29) is 22.2 Å². The third-order valence-electron chi connectivity index (χ3n) is 4.53. The number of nitrogens with one attached hydrogen (secondary N) is 2. The number of carbonyl (C=O) groups excluding carboxylic acids is 1. The van der Waals surface area contributed by atoms with E-state index in [2.05, 4.69) is 10.0 Å². The Labute approximate surface area is 156 Å². The Morgan fingerprint density at radius 1 is 0.963 bits per heavy atom. The van der Waals surface area contributed by atoms with Gasteiger partial charge in [0.15, 0.2) is 0 Å². The molecule has 0 saturated heterocycles. The summed E-state index contributed by atoms with van der Waals surface area (Å²) in [5.41, 5.74) is 0.00686. The molecule has 27 heavy (non-hydrogen) atoms. The van der Waals surface area contributed by atoms with Crippen molar-refractivity contribution in [1.29, 1.82) is 0 Å². The topological polar surface area (TPSA) is 75.3 Å². The molecule has 0 spiro atoms. The molecule has 0 unspecified atom stereocenters. The molecule has 3 rings (SSSR count). The molecule has 144 valence electrons. The van der Waals surface area contributed by atoms with Gasteiger partial charge in [0.1, 0.15) is 11.6 Å². The van der Waals surface area contributed by atoms with Crippen LogP contribution >= 0.6 is 0 Å². The first-order valence-corrected chi connectivity index (χ1v) is 10.2. The van der Waals surface area contributed by atoms with Gasteiger partial charge in [-0.2, -0.15) is 0 Å². The van der Waals surface area contributed by atoms with E-state index < -0.39 is 27.6 Å². The van der Waals surface area contributed by atoms with Crippen LogP contribution in [0.25, 0.3) is 0 Å². The highest BCUT2D eigenvalue weighted by molar-refractivity contribution is 7.89. The van der Waals surface area contributed by atoms with Crippen LogP contribution in [0.3, 0.4) is 0 Å². The van der Waals surface area contributed by atoms with Crippen molar-refractivity contribution < 1.29 is 22.0 Å². The lowest BCUT2D eigenvalue weighted by atomic mass is 9.96. The molecule has 5 nitrogen and oxygen atoms in total. The lowest BCUT2D eigenvalue weighted by Crippen LogP contribution is -2.36. The number of sulfonamides is 1. The SMILES string of the molecule is O=C(Nc1ccc(S(=O)(=O)NC2CCCCC2)cc1F)c1ccc(F)cc1. The van der Waals surface area contributed by atoms with Gasteiger partial charge in [-0.1, -0.05) is 19.3 Å². The Kier molecular flexibility index (Phi) is 5.86. The van der Waals surface area contributed by atoms with Crippen LogP contribution < -0.4 is 10.0 Å². The van der Waals surface area contributed by atoms with E-state index in [4.69, 9.17) is 0 Å². The first-order valence-electron chi connectivity index (χ1n) is 8.74. The third-order valence-corrected chi connectivity index (χ3v) is 6.05. The second-order valence-electron chi connectivity index (χ2n) is 6.56. The number of carbonyl (C=O) groups is 1. The molecular formula is C19H20F2N2O3S. The summed E-state index contributed by atoms with van der Waals surface area (Å²) >= 11 is 0. The molecule has 0 radical (unpaired) electrons. The summed E-state index contributed by atoms with van der Waals surface area (Å²) in [4.78, 5) is 11.9. The van der Waals surface area contributed by atoms with E-state index in [0.29, 0.717) is 0 Å². The van der Waals surface area contributed by atoms with E-state index in [1.807, 2.05) is 0 Å². The van der Waals surface area contributed by atoms with Gasteiger partial charge >= 0.3 is 0 Å². The van der Waals surface area contributed by atoms with Gasteiger partial charge < -0.3 is 5.32 Å². The van der Waals surface area contributed by atoms with Crippen LogP contribution in [0.4, 0.5) is 14.5 Å². The number of amides is 1. The maximum absolute atomic E-state index is 14.3. The van der Waals surface area contributed by atoms with Gasteiger partial charge in [0.25, 0.3) is 5.91 Å². The Morgan fingerprint density at radius 2 is 1.63 bits per heavy atom. The van der Waals surface area contributed by atoms with Crippen molar-refractivity contribution in [3.63, 3.8) is 0 Å².